The highest BCUT2D eigenvalue weighted by atomic mass is 15.1. The van der Waals surface area contributed by atoms with Crippen LogP contribution in [0.5, 0.6) is 0 Å². The second-order valence-electron chi connectivity index (χ2n) is 3.46. The molecule has 0 heterocycles. The van der Waals surface area contributed by atoms with E-state index >= 15 is 0 Å². The molecule has 0 aromatic carbocycles. The predicted octanol–water partition coefficient (Wildman–Crippen LogP) is 1.08. The average molecular weight is 183 g/mol. The lowest BCUT2D eigenvalue weighted by Gasteiger charge is -2.22. The van der Waals surface area contributed by atoms with Crippen molar-refractivity contribution in [3.8, 4) is 6.07 Å². The van der Waals surface area contributed by atoms with E-state index in [-0.39, 0.29) is 0 Å². The van der Waals surface area contributed by atoms with Gasteiger partial charge in [0.15, 0.2) is 0 Å². The molecule has 0 fully saturated rings. The zero-order valence-corrected chi connectivity index (χ0v) is 9.01. The van der Waals surface area contributed by atoms with Crippen LogP contribution in [0.4, 0.5) is 0 Å². The summed E-state index contributed by atoms with van der Waals surface area (Å²) in [4.78, 5) is 2.32. The lowest BCUT2D eigenvalue weighted by molar-refractivity contribution is 0.252. The number of hydrogen-bond acceptors (Lipinski definition) is 3. The SMILES string of the molecule is CCN(CCC#N)CC(C)CNC. The summed E-state index contributed by atoms with van der Waals surface area (Å²) in [7, 11) is 1.97. The van der Waals surface area contributed by atoms with Gasteiger partial charge in [0.25, 0.3) is 0 Å². The quantitative estimate of drug-likeness (QED) is 0.642. The summed E-state index contributed by atoms with van der Waals surface area (Å²) < 4.78 is 0. The molecule has 1 N–H and O–H groups in total. The lowest BCUT2D eigenvalue weighted by Crippen LogP contribution is -2.33. The minimum atomic E-state index is 0.639. The number of rotatable bonds is 7. The molecule has 0 aromatic heterocycles. The van der Waals surface area contributed by atoms with Gasteiger partial charge in [-0.3, -0.25) is 0 Å². The Balaban J connectivity index is 3.63. The molecule has 0 radical (unpaired) electrons. The summed E-state index contributed by atoms with van der Waals surface area (Å²) in [6.07, 6.45) is 0.639. The maximum atomic E-state index is 8.46. The van der Waals surface area contributed by atoms with E-state index in [1.807, 2.05) is 7.05 Å². The maximum absolute atomic E-state index is 8.46. The molecule has 76 valence electrons. The normalized spacial score (nSPS) is 12.8. The minimum Gasteiger partial charge on any atom is -0.319 e. The Hall–Kier alpha value is -0.590. The molecule has 0 spiro atoms. The van der Waals surface area contributed by atoms with E-state index in [1.165, 1.54) is 0 Å². The van der Waals surface area contributed by atoms with Gasteiger partial charge in [0.05, 0.1) is 6.07 Å². The van der Waals surface area contributed by atoms with E-state index in [0.717, 1.165) is 26.2 Å². The van der Waals surface area contributed by atoms with Crippen molar-refractivity contribution >= 4 is 0 Å². The Morgan fingerprint density at radius 1 is 1.54 bits per heavy atom. The summed E-state index contributed by atoms with van der Waals surface area (Å²) in [5.74, 6) is 0.656. The summed E-state index contributed by atoms with van der Waals surface area (Å²) in [5.41, 5.74) is 0. The molecule has 0 bridgehead atoms. The molecule has 0 saturated heterocycles. The van der Waals surface area contributed by atoms with Crippen LogP contribution in [0.1, 0.15) is 20.3 Å². The molecular weight excluding hydrogens is 162 g/mol. The first kappa shape index (κ1) is 12.4. The fourth-order valence-electron chi connectivity index (χ4n) is 1.44. The van der Waals surface area contributed by atoms with Crippen LogP contribution >= 0.6 is 0 Å². The fourth-order valence-corrected chi connectivity index (χ4v) is 1.44. The Morgan fingerprint density at radius 3 is 2.69 bits per heavy atom. The molecule has 0 saturated carbocycles. The summed E-state index contributed by atoms with van der Waals surface area (Å²) in [5, 5.41) is 11.6. The third kappa shape index (κ3) is 6.56. The van der Waals surface area contributed by atoms with Crippen molar-refractivity contribution in [3.05, 3.63) is 0 Å². The minimum absolute atomic E-state index is 0.639. The van der Waals surface area contributed by atoms with Gasteiger partial charge in [-0.2, -0.15) is 5.26 Å². The van der Waals surface area contributed by atoms with E-state index in [2.05, 4.69) is 30.1 Å². The number of nitriles is 1. The van der Waals surface area contributed by atoms with Gasteiger partial charge in [0.2, 0.25) is 0 Å². The van der Waals surface area contributed by atoms with Crippen LogP contribution in [0, 0.1) is 17.2 Å². The molecule has 13 heavy (non-hydrogen) atoms. The lowest BCUT2D eigenvalue weighted by atomic mass is 10.1. The van der Waals surface area contributed by atoms with Crippen LogP contribution < -0.4 is 5.32 Å². The Kier molecular flexibility index (Phi) is 7.66. The van der Waals surface area contributed by atoms with Crippen molar-refractivity contribution in [1.29, 1.82) is 5.26 Å². The maximum Gasteiger partial charge on any atom is 0.0635 e. The van der Waals surface area contributed by atoms with Crippen LogP contribution in [-0.2, 0) is 0 Å². The van der Waals surface area contributed by atoms with Gasteiger partial charge in [-0.1, -0.05) is 13.8 Å². The van der Waals surface area contributed by atoms with Crippen molar-refractivity contribution in [1.82, 2.24) is 10.2 Å². The van der Waals surface area contributed by atoms with Crippen molar-refractivity contribution < 1.29 is 0 Å². The highest BCUT2D eigenvalue weighted by Gasteiger charge is 2.06. The van der Waals surface area contributed by atoms with Gasteiger partial charge in [0, 0.05) is 19.5 Å². The molecule has 3 heteroatoms. The molecule has 1 unspecified atom stereocenters. The number of nitrogens with one attached hydrogen (secondary N) is 1. The van der Waals surface area contributed by atoms with E-state index < -0.39 is 0 Å². The summed E-state index contributed by atoms with van der Waals surface area (Å²) >= 11 is 0. The molecule has 0 aliphatic carbocycles. The van der Waals surface area contributed by atoms with Gasteiger partial charge in [0.1, 0.15) is 0 Å². The van der Waals surface area contributed by atoms with E-state index in [9.17, 15) is 0 Å². The largest absolute Gasteiger partial charge is 0.319 e. The van der Waals surface area contributed by atoms with Crippen molar-refractivity contribution in [3.63, 3.8) is 0 Å². The van der Waals surface area contributed by atoms with Gasteiger partial charge in [-0.15, -0.1) is 0 Å². The van der Waals surface area contributed by atoms with Gasteiger partial charge < -0.3 is 10.2 Å². The van der Waals surface area contributed by atoms with Crippen LogP contribution in [0.25, 0.3) is 0 Å². The van der Waals surface area contributed by atoms with Crippen LogP contribution in [-0.4, -0.2) is 38.1 Å². The van der Waals surface area contributed by atoms with Gasteiger partial charge in [-0.25, -0.2) is 0 Å². The molecule has 0 amide bonds. The zero-order chi connectivity index (χ0) is 10.1. The number of nitrogens with zero attached hydrogens (tertiary/aromatic N) is 2. The second-order valence-corrected chi connectivity index (χ2v) is 3.46. The molecular formula is C10H21N3. The molecule has 0 aliphatic heterocycles. The highest BCUT2D eigenvalue weighted by Crippen LogP contribution is 1.99. The smallest absolute Gasteiger partial charge is 0.0635 e. The molecule has 0 aromatic rings. The first-order valence-corrected chi connectivity index (χ1v) is 4.98. The second kappa shape index (κ2) is 8.03. The Bertz CT molecular complexity index is 151. The molecule has 1 atom stereocenters. The first-order valence-electron chi connectivity index (χ1n) is 4.98. The Morgan fingerprint density at radius 2 is 2.23 bits per heavy atom. The van der Waals surface area contributed by atoms with Crippen LogP contribution in [0.2, 0.25) is 0 Å². The van der Waals surface area contributed by atoms with Crippen molar-refractivity contribution in [2.24, 2.45) is 5.92 Å². The zero-order valence-electron chi connectivity index (χ0n) is 9.01. The highest BCUT2D eigenvalue weighted by molar-refractivity contribution is 4.73. The summed E-state index contributed by atoms with van der Waals surface area (Å²) in [6.45, 7) is 8.44. The Labute approximate surface area is 81.7 Å². The van der Waals surface area contributed by atoms with Gasteiger partial charge >= 0.3 is 0 Å². The predicted molar refractivity (Wildman–Crippen MR) is 55.4 cm³/mol. The first-order chi connectivity index (χ1) is 6.24. The van der Waals surface area contributed by atoms with Crippen LogP contribution in [0.15, 0.2) is 0 Å². The topological polar surface area (TPSA) is 39.1 Å². The molecule has 3 nitrogen and oxygen atoms in total. The van der Waals surface area contributed by atoms with E-state index in [0.29, 0.717) is 12.3 Å². The third-order valence-corrected chi connectivity index (χ3v) is 2.11. The average Bonchev–Trinajstić information content (AvgIpc) is 2.12. The third-order valence-electron chi connectivity index (χ3n) is 2.11. The molecule has 0 aliphatic rings. The molecule has 0 rings (SSSR count). The van der Waals surface area contributed by atoms with Gasteiger partial charge in [-0.05, 0) is 26.1 Å². The van der Waals surface area contributed by atoms with E-state index in [1.54, 1.807) is 0 Å². The van der Waals surface area contributed by atoms with Crippen LogP contribution in [0.3, 0.4) is 0 Å². The van der Waals surface area contributed by atoms with Crippen molar-refractivity contribution in [2.75, 3.05) is 33.2 Å². The van der Waals surface area contributed by atoms with E-state index in [4.69, 9.17) is 5.26 Å². The monoisotopic (exact) mass is 183 g/mol. The van der Waals surface area contributed by atoms with Crippen molar-refractivity contribution in [2.45, 2.75) is 20.3 Å². The number of hydrogen-bond donors (Lipinski definition) is 1. The summed E-state index contributed by atoms with van der Waals surface area (Å²) in [6, 6.07) is 2.18. The standard InChI is InChI=1S/C10H21N3/c1-4-13(7-5-6-11)9-10(2)8-12-3/h10,12H,4-5,7-9H2,1-3H3. The fraction of sp³-hybridized carbons (Fsp3) is 0.900.